The minimum absolute atomic E-state index is 0.754. The Morgan fingerprint density at radius 3 is 1.71 bits per heavy atom. The molecule has 7 heavy (non-hydrogen) atoms. The second-order valence-corrected chi connectivity index (χ2v) is 3.21. The molecule has 0 radical (unpaired) electrons. The van der Waals surface area contributed by atoms with Crippen LogP contribution in [0.2, 0.25) is 0 Å². The summed E-state index contributed by atoms with van der Waals surface area (Å²) in [7, 11) is 0. The summed E-state index contributed by atoms with van der Waals surface area (Å²) in [6.45, 7) is 1.31. The SMILES string of the molecule is CC(Cl)(Cl)C(=O)Cl. The van der Waals surface area contributed by atoms with Gasteiger partial charge < -0.3 is 0 Å². The molecule has 0 atom stereocenters. The molecular weight excluding hydrogens is 158 g/mol. The van der Waals surface area contributed by atoms with Crippen molar-refractivity contribution in [3.05, 3.63) is 0 Å². The fraction of sp³-hybridized carbons (Fsp3) is 0.667. The molecule has 0 amide bonds. The maximum atomic E-state index is 9.97. The van der Waals surface area contributed by atoms with Crippen molar-refractivity contribution in [2.75, 3.05) is 0 Å². The smallest absolute Gasteiger partial charge is 0.257 e. The maximum absolute atomic E-state index is 9.97. The van der Waals surface area contributed by atoms with Crippen LogP contribution in [-0.4, -0.2) is 9.58 Å². The summed E-state index contributed by atoms with van der Waals surface area (Å²) < 4.78 is -1.43. The number of hydrogen-bond acceptors (Lipinski definition) is 1. The molecular formula is C3H3Cl3O. The van der Waals surface area contributed by atoms with Crippen LogP contribution in [0, 0.1) is 0 Å². The molecule has 0 saturated carbocycles. The molecule has 0 fully saturated rings. The van der Waals surface area contributed by atoms with Gasteiger partial charge in [0.05, 0.1) is 0 Å². The van der Waals surface area contributed by atoms with E-state index in [0.717, 1.165) is 0 Å². The summed E-state index contributed by atoms with van der Waals surface area (Å²) in [4.78, 5) is 9.97. The van der Waals surface area contributed by atoms with Crippen LogP contribution in [0.4, 0.5) is 0 Å². The standard InChI is InChI=1S/C3H3Cl3O/c1-3(5,6)2(4)7/h1H3. The molecule has 0 spiro atoms. The van der Waals surface area contributed by atoms with E-state index >= 15 is 0 Å². The van der Waals surface area contributed by atoms with E-state index in [2.05, 4.69) is 0 Å². The summed E-state index contributed by atoms with van der Waals surface area (Å²) in [6.07, 6.45) is 0. The number of carbonyl (C=O) groups is 1. The molecule has 0 N–H and O–H groups in total. The molecule has 0 saturated heterocycles. The van der Waals surface area contributed by atoms with Crippen molar-refractivity contribution in [3.63, 3.8) is 0 Å². The monoisotopic (exact) mass is 160 g/mol. The Bertz CT molecular complexity index is 82.7. The van der Waals surface area contributed by atoms with E-state index in [1.54, 1.807) is 0 Å². The lowest BCUT2D eigenvalue weighted by molar-refractivity contribution is -0.111. The third-order valence-corrected chi connectivity index (χ3v) is 1.26. The average Bonchev–Trinajstić information content (AvgIpc) is 1.31. The van der Waals surface area contributed by atoms with Crippen LogP contribution < -0.4 is 0 Å². The third-order valence-electron chi connectivity index (χ3n) is 0.345. The van der Waals surface area contributed by atoms with Gasteiger partial charge in [0.15, 0.2) is 4.33 Å². The highest BCUT2D eigenvalue weighted by molar-refractivity contribution is 6.78. The Balaban J connectivity index is 3.79. The number of carbonyl (C=O) groups excluding carboxylic acids is 1. The summed E-state index contributed by atoms with van der Waals surface area (Å²) in [5, 5.41) is -0.754. The topological polar surface area (TPSA) is 17.1 Å². The molecule has 0 rings (SSSR count). The molecule has 1 nitrogen and oxygen atoms in total. The molecule has 0 bridgehead atoms. The highest BCUT2D eigenvalue weighted by Crippen LogP contribution is 2.21. The van der Waals surface area contributed by atoms with E-state index in [1.807, 2.05) is 0 Å². The summed E-state index contributed by atoms with van der Waals surface area (Å²) in [5.41, 5.74) is 0. The van der Waals surface area contributed by atoms with Gasteiger partial charge in [0.1, 0.15) is 0 Å². The molecule has 0 aromatic heterocycles. The van der Waals surface area contributed by atoms with Gasteiger partial charge >= 0.3 is 0 Å². The zero-order chi connectivity index (χ0) is 6.08. The van der Waals surface area contributed by atoms with Crippen LogP contribution in [0.5, 0.6) is 0 Å². The van der Waals surface area contributed by atoms with E-state index in [0.29, 0.717) is 0 Å². The normalized spacial score (nSPS) is 11.4. The maximum Gasteiger partial charge on any atom is 0.257 e. The Labute approximate surface area is 56.5 Å². The van der Waals surface area contributed by atoms with Gasteiger partial charge in [-0.2, -0.15) is 0 Å². The van der Waals surface area contributed by atoms with Crippen molar-refractivity contribution >= 4 is 40.0 Å². The Hall–Kier alpha value is 0.540. The second-order valence-electron chi connectivity index (χ2n) is 1.16. The molecule has 0 aromatic carbocycles. The van der Waals surface area contributed by atoms with Crippen LogP contribution in [0.15, 0.2) is 0 Å². The Morgan fingerprint density at radius 1 is 1.57 bits per heavy atom. The van der Waals surface area contributed by atoms with Crippen molar-refractivity contribution in [1.82, 2.24) is 0 Å². The van der Waals surface area contributed by atoms with E-state index in [1.165, 1.54) is 6.92 Å². The first-order valence-corrected chi connectivity index (χ1v) is 2.65. The number of rotatable bonds is 1. The molecule has 0 aliphatic rings. The predicted octanol–water partition coefficient (Wildman–Crippen LogP) is 1.95. The number of alkyl halides is 2. The molecule has 0 heterocycles. The van der Waals surface area contributed by atoms with Crippen LogP contribution >= 0.6 is 34.8 Å². The molecule has 0 aliphatic heterocycles. The van der Waals surface area contributed by atoms with E-state index in [4.69, 9.17) is 34.8 Å². The van der Waals surface area contributed by atoms with Gasteiger partial charge in [-0.15, -0.1) is 0 Å². The zero-order valence-corrected chi connectivity index (χ0v) is 5.81. The predicted molar refractivity (Wildman–Crippen MR) is 31.0 cm³/mol. The molecule has 0 aliphatic carbocycles. The van der Waals surface area contributed by atoms with Gasteiger partial charge in [0.25, 0.3) is 5.24 Å². The lowest BCUT2D eigenvalue weighted by Gasteiger charge is -2.02. The molecule has 42 valence electrons. The fourth-order valence-electron chi connectivity index (χ4n) is 0. The van der Waals surface area contributed by atoms with Crippen LogP contribution in [0.1, 0.15) is 6.92 Å². The van der Waals surface area contributed by atoms with Gasteiger partial charge in [-0.05, 0) is 18.5 Å². The van der Waals surface area contributed by atoms with Crippen molar-refractivity contribution in [3.8, 4) is 0 Å². The van der Waals surface area contributed by atoms with E-state index in [9.17, 15) is 4.79 Å². The minimum atomic E-state index is -1.43. The number of hydrogen-bond donors (Lipinski definition) is 0. The average molecular weight is 161 g/mol. The highest BCUT2D eigenvalue weighted by atomic mass is 35.5. The van der Waals surface area contributed by atoms with Gasteiger partial charge in [0.2, 0.25) is 0 Å². The van der Waals surface area contributed by atoms with Crippen LogP contribution in [-0.2, 0) is 4.79 Å². The Kier molecular flexibility index (Phi) is 2.38. The van der Waals surface area contributed by atoms with Gasteiger partial charge in [-0.25, -0.2) is 0 Å². The molecule has 4 heteroatoms. The van der Waals surface area contributed by atoms with E-state index in [-0.39, 0.29) is 0 Å². The summed E-state index contributed by atoms with van der Waals surface area (Å²) >= 11 is 15.2. The first-order valence-electron chi connectivity index (χ1n) is 1.52. The van der Waals surface area contributed by atoms with Gasteiger partial charge in [-0.3, -0.25) is 4.79 Å². The molecule has 0 aromatic rings. The van der Waals surface area contributed by atoms with Crippen molar-refractivity contribution < 1.29 is 4.79 Å². The van der Waals surface area contributed by atoms with Crippen LogP contribution in [0.25, 0.3) is 0 Å². The van der Waals surface area contributed by atoms with Gasteiger partial charge in [0, 0.05) is 0 Å². The van der Waals surface area contributed by atoms with Crippen molar-refractivity contribution in [1.29, 1.82) is 0 Å². The highest BCUT2D eigenvalue weighted by Gasteiger charge is 2.24. The zero-order valence-electron chi connectivity index (χ0n) is 3.54. The lowest BCUT2D eigenvalue weighted by Crippen LogP contribution is -2.14. The summed E-state index contributed by atoms with van der Waals surface area (Å²) in [6, 6.07) is 0. The summed E-state index contributed by atoms with van der Waals surface area (Å²) in [5.74, 6) is 0. The largest absolute Gasteiger partial charge is 0.278 e. The fourth-order valence-corrected chi connectivity index (χ4v) is 0. The Morgan fingerprint density at radius 2 is 1.71 bits per heavy atom. The quantitative estimate of drug-likeness (QED) is 0.424. The third kappa shape index (κ3) is 3.15. The van der Waals surface area contributed by atoms with E-state index < -0.39 is 9.58 Å². The van der Waals surface area contributed by atoms with Crippen molar-refractivity contribution in [2.24, 2.45) is 0 Å². The molecule has 0 unspecified atom stereocenters. The second kappa shape index (κ2) is 2.21. The minimum Gasteiger partial charge on any atom is -0.278 e. The van der Waals surface area contributed by atoms with Crippen molar-refractivity contribution in [2.45, 2.75) is 11.3 Å². The van der Waals surface area contributed by atoms with Gasteiger partial charge in [-0.1, -0.05) is 23.2 Å². The van der Waals surface area contributed by atoms with Crippen LogP contribution in [0.3, 0.4) is 0 Å². The number of halogens is 3. The first kappa shape index (κ1) is 7.54. The first-order chi connectivity index (χ1) is 2.94. The lowest BCUT2D eigenvalue weighted by atomic mass is 10.5.